The van der Waals surface area contributed by atoms with E-state index in [1.807, 2.05) is 43.3 Å². The van der Waals surface area contributed by atoms with E-state index in [0.29, 0.717) is 5.02 Å². The lowest BCUT2D eigenvalue weighted by Crippen LogP contribution is -1.90. The Labute approximate surface area is 126 Å². The minimum Gasteiger partial charge on any atom is -0.399 e. The third kappa shape index (κ3) is 2.71. The van der Waals surface area contributed by atoms with Gasteiger partial charge in [0.25, 0.3) is 0 Å². The Bertz CT molecular complexity index is 772. The Hall–Kier alpha value is -1.78. The average molecular weight is 302 g/mol. The van der Waals surface area contributed by atoms with E-state index in [-0.39, 0.29) is 0 Å². The molecule has 1 aromatic carbocycles. The Morgan fingerprint density at radius 2 is 2.00 bits per heavy atom. The third-order valence-electron chi connectivity index (χ3n) is 2.84. The van der Waals surface area contributed by atoms with Crippen molar-refractivity contribution >= 4 is 40.0 Å². The summed E-state index contributed by atoms with van der Waals surface area (Å²) < 4.78 is 0. The Kier molecular flexibility index (Phi) is 3.51. The van der Waals surface area contributed by atoms with Crippen LogP contribution in [0.2, 0.25) is 5.02 Å². The monoisotopic (exact) mass is 301 g/mol. The molecule has 0 radical (unpaired) electrons. The number of nitrogens with zero attached hydrogens (tertiary/aromatic N) is 2. The van der Waals surface area contributed by atoms with Crippen molar-refractivity contribution in [3.63, 3.8) is 0 Å². The fourth-order valence-electron chi connectivity index (χ4n) is 1.96. The first-order chi connectivity index (χ1) is 9.61. The van der Waals surface area contributed by atoms with Gasteiger partial charge in [-0.3, -0.25) is 4.98 Å². The third-order valence-corrected chi connectivity index (χ3v) is 4.07. The largest absolute Gasteiger partial charge is 0.399 e. The van der Waals surface area contributed by atoms with Crippen LogP contribution in [0.25, 0.3) is 10.9 Å². The molecule has 0 spiro atoms. The van der Waals surface area contributed by atoms with Crippen LogP contribution in [-0.4, -0.2) is 9.97 Å². The molecule has 3 aromatic rings. The van der Waals surface area contributed by atoms with Crippen molar-refractivity contribution in [1.82, 2.24) is 9.97 Å². The van der Waals surface area contributed by atoms with Crippen molar-refractivity contribution in [2.45, 2.75) is 16.8 Å². The summed E-state index contributed by atoms with van der Waals surface area (Å²) in [7, 11) is 0. The van der Waals surface area contributed by atoms with Crippen LogP contribution in [0.3, 0.4) is 0 Å². The molecule has 0 unspecified atom stereocenters. The number of aromatic nitrogens is 2. The number of anilines is 1. The van der Waals surface area contributed by atoms with Crippen molar-refractivity contribution in [3.05, 3.63) is 53.3 Å². The summed E-state index contributed by atoms with van der Waals surface area (Å²) in [6, 6.07) is 11.5. The van der Waals surface area contributed by atoms with Crippen LogP contribution in [0.5, 0.6) is 0 Å². The number of nitrogen functional groups attached to an aromatic ring is 1. The minimum atomic E-state index is 0.634. The molecule has 0 fully saturated rings. The van der Waals surface area contributed by atoms with Gasteiger partial charge in [0.2, 0.25) is 0 Å². The lowest BCUT2D eigenvalue weighted by Gasteiger charge is -2.08. The first-order valence-electron chi connectivity index (χ1n) is 6.08. The molecular formula is C15H12ClN3S. The molecule has 5 heteroatoms. The average Bonchev–Trinajstić information content (AvgIpc) is 2.42. The number of aryl methyl sites for hydroxylation is 1. The van der Waals surface area contributed by atoms with Crippen LogP contribution in [0.4, 0.5) is 5.69 Å². The quantitative estimate of drug-likeness (QED) is 0.716. The normalized spacial score (nSPS) is 10.9. The fourth-order valence-corrected chi connectivity index (χ4v) is 3.04. The van der Waals surface area contributed by atoms with Crippen molar-refractivity contribution in [2.75, 3.05) is 5.73 Å². The van der Waals surface area contributed by atoms with E-state index >= 15 is 0 Å². The highest BCUT2D eigenvalue weighted by atomic mass is 35.5. The minimum absolute atomic E-state index is 0.634. The number of hydrogen-bond acceptors (Lipinski definition) is 4. The van der Waals surface area contributed by atoms with Gasteiger partial charge in [0.05, 0.1) is 10.5 Å². The highest BCUT2D eigenvalue weighted by molar-refractivity contribution is 7.99. The second kappa shape index (κ2) is 5.31. The maximum Gasteiger partial charge on any atom is 0.101 e. The highest BCUT2D eigenvalue weighted by Gasteiger charge is 2.07. The van der Waals surface area contributed by atoms with Gasteiger partial charge >= 0.3 is 0 Å². The summed E-state index contributed by atoms with van der Waals surface area (Å²) in [5, 5.41) is 2.57. The van der Waals surface area contributed by atoms with Crippen molar-refractivity contribution in [3.8, 4) is 0 Å². The summed E-state index contributed by atoms with van der Waals surface area (Å²) in [6.07, 6.45) is 1.65. The molecule has 0 bridgehead atoms. The number of fused-ring (bicyclic) bond motifs is 1. The summed E-state index contributed by atoms with van der Waals surface area (Å²) in [4.78, 5) is 9.93. The molecule has 0 aliphatic rings. The molecule has 20 heavy (non-hydrogen) atoms. The highest BCUT2D eigenvalue weighted by Crippen LogP contribution is 2.33. The van der Waals surface area contributed by atoms with Crippen LogP contribution >= 0.6 is 23.4 Å². The molecule has 3 rings (SSSR count). The van der Waals surface area contributed by atoms with Crippen molar-refractivity contribution in [1.29, 1.82) is 0 Å². The van der Waals surface area contributed by atoms with Gasteiger partial charge in [0, 0.05) is 27.9 Å². The summed E-state index contributed by atoms with van der Waals surface area (Å²) in [5.41, 5.74) is 8.52. The van der Waals surface area contributed by atoms with E-state index in [4.69, 9.17) is 17.3 Å². The molecule has 0 aliphatic carbocycles. The van der Waals surface area contributed by atoms with Gasteiger partial charge in [-0.1, -0.05) is 23.4 Å². The topological polar surface area (TPSA) is 51.8 Å². The van der Waals surface area contributed by atoms with Crippen LogP contribution in [0, 0.1) is 6.92 Å². The predicted octanol–water partition coefficient (Wildman–Crippen LogP) is 4.33. The maximum atomic E-state index is 5.87. The van der Waals surface area contributed by atoms with Crippen LogP contribution < -0.4 is 5.73 Å². The zero-order valence-corrected chi connectivity index (χ0v) is 12.4. The Morgan fingerprint density at radius 3 is 2.75 bits per heavy atom. The van der Waals surface area contributed by atoms with Gasteiger partial charge in [0.1, 0.15) is 5.03 Å². The number of rotatable bonds is 2. The maximum absolute atomic E-state index is 5.87. The summed E-state index contributed by atoms with van der Waals surface area (Å²) >= 11 is 7.44. The molecule has 0 amide bonds. The molecule has 0 atom stereocenters. The second-order valence-electron chi connectivity index (χ2n) is 4.46. The van der Waals surface area contributed by atoms with Gasteiger partial charge < -0.3 is 5.73 Å². The van der Waals surface area contributed by atoms with Gasteiger partial charge in [-0.15, -0.1) is 0 Å². The molecule has 2 N–H and O–H groups in total. The van der Waals surface area contributed by atoms with E-state index in [1.165, 1.54) is 0 Å². The van der Waals surface area contributed by atoms with Crippen molar-refractivity contribution < 1.29 is 0 Å². The summed E-state index contributed by atoms with van der Waals surface area (Å²) in [6.45, 7) is 1.98. The lowest BCUT2D eigenvalue weighted by molar-refractivity contribution is 1.13. The molecule has 3 nitrogen and oxygen atoms in total. The van der Waals surface area contributed by atoms with Gasteiger partial charge in [-0.25, -0.2) is 4.98 Å². The molecule has 2 aromatic heterocycles. The molecule has 0 saturated heterocycles. The Balaban J connectivity index is 2.10. The molecule has 2 heterocycles. The van der Waals surface area contributed by atoms with Crippen LogP contribution in [-0.2, 0) is 0 Å². The van der Waals surface area contributed by atoms with E-state index in [1.54, 1.807) is 18.0 Å². The molecule has 0 saturated carbocycles. The number of benzene rings is 1. The number of halogens is 1. The fraction of sp³-hybridized carbons (Fsp3) is 0.0667. The van der Waals surface area contributed by atoms with Crippen LogP contribution in [0.1, 0.15) is 5.69 Å². The zero-order valence-electron chi connectivity index (χ0n) is 10.8. The number of pyridine rings is 2. The number of hydrogen-bond donors (Lipinski definition) is 1. The number of nitrogens with two attached hydrogens (primary N) is 1. The van der Waals surface area contributed by atoms with E-state index < -0.39 is 0 Å². The van der Waals surface area contributed by atoms with Gasteiger partial charge in [-0.05, 0) is 43.3 Å². The first-order valence-corrected chi connectivity index (χ1v) is 7.27. The second-order valence-corrected chi connectivity index (χ2v) is 5.95. The van der Waals surface area contributed by atoms with Crippen LogP contribution in [0.15, 0.2) is 52.5 Å². The molecule has 100 valence electrons. The smallest absolute Gasteiger partial charge is 0.101 e. The van der Waals surface area contributed by atoms with E-state index in [0.717, 1.165) is 32.2 Å². The standard InChI is InChI=1S/C15H12ClN3S/c1-9-6-14(20-15-5-2-10(16)8-18-15)12-7-11(17)3-4-13(12)19-9/h2-8H,17H2,1H3. The van der Waals surface area contributed by atoms with Gasteiger partial charge in [-0.2, -0.15) is 0 Å². The molecular weight excluding hydrogens is 290 g/mol. The van der Waals surface area contributed by atoms with E-state index in [9.17, 15) is 0 Å². The van der Waals surface area contributed by atoms with E-state index in [2.05, 4.69) is 9.97 Å². The SMILES string of the molecule is Cc1cc(Sc2ccc(Cl)cn2)c2cc(N)ccc2n1. The molecule has 0 aliphatic heterocycles. The zero-order chi connectivity index (χ0) is 14.1. The predicted molar refractivity (Wildman–Crippen MR) is 84.3 cm³/mol. The summed E-state index contributed by atoms with van der Waals surface area (Å²) in [5.74, 6) is 0. The first kappa shape index (κ1) is 13.2. The van der Waals surface area contributed by atoms with Crippen molar-refractivity contribution in [2.24, 2.45) is 0 Å². The Morgan fingerprint density at radius 1 is 1.15 bits per heavy atom. The lowest BCUT2D eigenvalue weighted by atomic mass is 10.2. The van der Waals surface area contributed by atoms with Gasteiger partial charge in [0.15, 0.2) is 0 Å².